The summed E-state index contributed by atoms with van der Waals surface area (Å²) in [6, 6.07) is 10.6. The second-order valence-electron chi connectivity index (χ2n) is 5.30. The minimum Gasteiger partial charge on any atom is -0.389 e. The van der Waals surface area contributed by atoms with Crippen LogP contribution < -0.4 is 0 Å². The van der Waals surface area contributed by atoms with E-state index in [-0.39, 0.29) is 6.10 Å². The number of aliphatic hydroxyl groups is 1. The monoisotopic (exact) mass is 256 g/mol. The molecule has 0 radical (unpaired) electrons. The Morgan fingerprint density at radius 1 is 1.26 bits per heavy atom. The van der Waals surface area contributed by atoms with E-state index in [1.165, 1.54) is 23.1 Å². The molecule has 0 heterocycles. The molecule has 0 amide bonds. The van der Waals surface area contributed by atoms with Crippen molar-refractivity contribution in [3.05, 3.63) is 59.2 Å². The van der Waals surface area contributed by atoms with Gasteiger partial charge in [-0.05, 0) is 55.7 Å². The molecule has 0 aromatic heterocycles. The zero-order valence-electron chi connectivity index (χ0n) is 11.8. The van der Waals surface area contributed by atoms with Crippen molar-refractivity contribution >= 4 is 0 Å². The zero-order chi connectivity index (χ0) is 13.5. The van der Waals surface area contributed by atoms with Gasteiger partial charge in [-0.25, -0.2) is 0 Å². The van der Waals surface area contributed by atoms with Crippen LogP contribution in [-0.2, 0) is 6.42 Å². The van der Waals surface area contributed by atoms with Gasteiger partial charge in [-0.3, -0.25) is 0 Å². The number of rotatable bonds is 4. The van der Waals surface area contributed by atoms with Gasteiger partial charge in [-0.15, -0.1) is 0 Å². The van der Waals surface area contributed by atoms with Crippen LogP contribution in [0.2, 0.25) is 0 Å². The summed E-state index contributed by atoms with van der Waals surface area (Å²) in [7, 11) is 0. The SMILES string of the molecule is C/C=C/C(CCc1ccccc1)=C1/CCCCC1O. The molecule has 102 valence electrons. The Morgan fingerprint density at radius 2 is 2.05 bits per heavy atom. The van der Waals surface area contributed by atoms with Gasteiger partial charge in [-0.2, -0.15) is 0 Å². The summed E-state index contributed by atoms with van der Waals surface area (Å²) in [6.07, 6.45) is 10.5. The first-order valence-electron chi connectivity index (χ1n) is 7.38. The molecule has 0 bridgehead atoms. The maximum Gasteiger partial charge on any atom is 0.0755 e. The lowest BCUT2D eigenvalue weighted by atomic mass is 9.86. The fourth-order valence-electron chi connectivity index (χ4n) is 2.84. The predicted molar refractivity (Wildman–Crippen MR) is 81.1 cm³/mol. The molecule has 1 N–H and O–H groups in total. The second-order valence-corrected chi connectivity index (χ2v) is 5.30. The molecule has 1 saturated carbocycles. The highest BCUT2D eigenvalue weighted by atomic mass is 16.3. The van der Waals surface area contributed by atoms with Crippen LogP contribution in [0.5, 0.6) is 0 Å². The third kappa shape index (κ3) is 4.07. The van der Waals surface area contributed by atoms with E-state index in [0.717, 1.165) is 32.1 Å². The van der Waals surface area contributed by atoms with E-state index in [0.29, 0.717) is 0 Å². The number of hydrogen-bond acceptors (Lipinski definition) is 1. The van der Waals surface area contributed by atoms with Crippen LogP contribution >= 0.6 is 0 Å². The van der Waals surface area contributed by atoms with Crippen molar-refractivity contribution in [1.29, 1.82) is 0 Å². The molecule has 2 rings (SSSR count). The van der Waals surface area contributed by atoms with Crippen LogP contribution in [0.3, 0.4) is 0 Å². The van der Waals surface area contributed by atoms with E-state index in [4.69, 9.17) is 0 Å². The Bertz CT molecular complexity index is 442. The van der Waals surface area contributed by atoms with Gasteiger partial charge in [0.1, 0.15) is 0 Å². The van der Waals surface area contributed by atoms with E-state index in [1.807, 2.05) is 0 Å². The molecule has 1 aliphatic rings. The Balaban J connectivity index is 2.09. The van der Waals surface area contributed by atoms with Crippen molar-refractivity contribution < 1.29 is 5.11 Å². The van der Waals surface area contributed by atoms with Gasteiger partial charge in [0.25, 0.3) is 0 Å². The van der Waals surface area contributed by atoms with E-state index < -0.39 is 0 Å². The smallest absolute Gasteiger partial charge is 0.0755 e. The van der Waals surface area contributed by atoms with Crippen molar-refractivity contribution in [3.63, 3.8) is 0 Å². The van der Waals surface area contributed by atoms with Crippen molar-refractivity contribution in [1.82, 2.24) is 0 Å². The van der Waals surface area contributed by atoms with Gasteiger partial charge in [0.15, 0.2) is 0 Å². The van der Waals surface area contributed by atoms with E-state index in [9.17, 15) is 5.11 Å². The zero-order valence-corrected chi connectivity index (χ0v) is 11.8. The minimum absolute atomic E-state index is 0.212. The molecule has 0 spiro atoms. The maximum absolute atomic E-state index is 10.2. The molecular weight excluding hydrogens is 232 g/mol. The first-order valence-corrected chi connectivity index (χ1v) is 7.38. The summed E-state index contributed by atoms with van der Waals surface area (Å²) in [5.74, 6) is 0. The summed E-state index contributed by atoms with van der Waals surface area (Å²) in [6.45, 7) is 2.05. The molecule has 1 unspecified atom stereocenters. The first kappa shape index (κ1) is 14.1. The average Bonchev–Trinajstić information content (AvgIpc) is 2.45. The van der Waals surface area contributed by atoms with E-state index in [1.54, 1.807) is 0 Å². The van der Waals surface area contributed by atoms with Crippen molar-refractivity contribution in [2.24, 2.45) is 0 Å². The Hall–Kier alpha value is -1.34. The Morgan fingerprint density at radius 3 is 2.74 bits per heavy atom. The molecule has 19 heavy (non-hydrogen) atoms. The van der Waals surface area contributed by atoms with Crippen molar-refractivity contribution in [2.75, 3.05) is 0 Å². The van der Waals surface area contributed by atoms with Crippen LogP contribution in [0.4, 0.5) is 0 Å². The van der Waals surface area contributed by atoms with Gasteiger partial charge in [0.05, 0.1) is 6.10 Å². The van der Waals surface area contributed by atoms with Gasteiger partial charge in [0.2, 0.25) is 0 Å². The summed E-state index contributed by atoms with van der Waals surface area (Å²) >= 11 is 0. The number of hydrogen-bond donors (Lipinski definition) is 1. The van der Waals surface area contributed by atoms with Crippen LogP contribution in [0.15, 0.2) is 53.6 Å². The summed E-state index contributed by atoms with van der Waals surface area (Å²) in [4.78, 5) is 0. The molecule has 1 heteroatoms. The highest BCUT2D eigenvalue weighted by Gasteiger charge is 2.18. The lowest BCUT2D eigenvalue weighted by molar-refractivity contribution is 0.177. The highest BCUT2D eigenvalue weighted by molar-refractivity contribution is 5.30. The average molecular weight is 256 g/mol. The van der Waals surface area contributed by atoms with Crippen LogP contribution in [0, 0.1) is 0 Å². The van der Waals surface area contributed by atoms with Gasteiger partial charge in [-0.1, -0.05) is 48.9 Å². The summed E-state index contributed by atoms with van der Waals surface area (Å²) < 4.78 is 0. The molecule has 0 saturated heterocycles. The van der Waals surface area contributed by atoms with E-state index in [2.05, 4.69) is 49.4 Å². The minimum atomic E-state index is -0.212. The standard InChI is InChI=1S/C18H24O/c1-2-8-16(17-11-6-7-12-18(17)19)14-13-15-9-4-3-5-10-15/h2-5,8-10,18-19H,6-7,11-14H2,1H3/b8-2+,17-16+. The first-order chi connectivity index (χ1) is 9.31. The number of allylic oxidation sites excluding steroid dienone is 3. The fourth-order valence-corrected chi connectivity index (χ4v) is 2.84. The predicted octanol–water partition coefficient (Wildman–Crippen LogP) is 4.43. The second kappa shape index (κ2) is 7.30. The number of aliphatic hydroxyl groups excluding tert-OH is 1. The topological polar surface area (TPSA) is 20.2 Å². The maximum atomic E-state index is 10.2. The molecule has 1 aromatic carbocycles. The largest absolute Gasteiger partial charge is 0.389 e. The van der Waals surface area contributed by atoms with Crippen molar-refractivity contribution in [3.8, 4) is 0 Å². The molecule has 1 atom stereocenters. The van der Waals surface area contributed by atoms with Crippen LogP contribution in [0.25, 0.3) is 0 Å². The lowest BCUT2D eigenvalue weighted by Crippen LogP contribution is -2.17. The Kier molecular flexibility index (Phi) is 5.41. The third-order valence-corrected chi connectivity index (χ3v) is 3.88. The molecule has 1 fully saturated rings. The van der Waals surface area contributed by atoms with Crippen LogP contribution in [-0.4, -0.2) is 11.2 Å². The molecular formula is C18H24O. The fraction of sp³-hybridized carbons (Fsp3) is 0.444. The quantitative estimate of drug-likeness (QED) is 0.845. The number of aryl methyl sites for hydroxylation is 1. The molecule has 1 aromatic rings. The number of benzene rings is 1. The third-order valence-electron chi connectivity index (χ3n) is 3.88. The van der Waals surface area contributed by atoms with Gasteiger partial charge >= 0.3 is 0 Å². The normalized spacial score (nSPS) is 22.7. The van der Waals surface area contributed by atoms with Crippen molar-refractivity contribution in [2.45, 2.75) is 51.6 Å². The molecule has 1 nitrogen and oxygen atoms in total. The molecule has 1 aliphatic carbocycles. The molecule has 0 aliphatic heterocycles. The highest BCUT2D eigenvalue weighted by Crippen LogP contribution is 2.29. The summed E-state index contributed by atoms with van der Waals surface area (Å²) in [5.41, 5.74) is 3.99. The summed E-state index contributed by atoms with van der Waals surface area (Å²) in [5, 5.41) is 10.2. The van der Waals surface area contributed by atoms with Gasteiger partial charge < -0.3 is 5.11 Å². The van der Waals surface area contributed by atoms with E-state index >= 15 is 0 Å². The lowest BCUT2D eigenvalue weighted by Gasteiger charge is -2.23. The van der Waals surface area contributed by atoms with Gasteiger partial charge in [0, 0.05) is 0 Å². The van der Waals surface area contributed by atoms with Crippen LogP contribution in [0.1, 0.15) is 44.6 Å². The Labute approximate surface area is 116 Å².